The third-order valence-corrected chi connectivity index (χ3v) is 6.03. The summed E-state index contributed by atoms with van der Waals surface area (Å²) in [6.45, 7) is 1.93. The highest BCUT2D eigenvalue weighted by Gasteiger charge is 2.25. The summed E-state index contributed by atoms with van der Waals surface area (Å²) in [5.74, 6) is -0.119. The van der Waals surface area contributed by atoms with Gasteiger partial charge < -0.3 is 5.32 Å². The molecule has 2 aromatic carbocycles. The van der Waals surface area contributed by atoms with E-state index >= 15 is 0 Å². The van der Waals surface area contributed by atoms with Crippen molar-refractivity contribution in [3.8, 4) is 0 Å². The number of rotatable bonds is 4. The van der Waals surface area contributed by atoms with Gasteiger partial charge in [-0.3, -0.25) is 4.79 Å². The molecule has 0 radical (unpaired) electrons. The number of halogens is 3. The zero-order valence-electron chi connectivity index (χ0n) is 11.3. The highest BCUT2D eigenvalue weighted by molar-refractivity contribution is 9.12. The van der Waals surface area contributed by atoms with Gasteiger partial charge in [-0.1, -0.05) is 79.9 Å². The zero-order chi connectivity index (χ0) is 15.4. The molecule has 110 valence electrons. The van der Waals surface area contributed by atoms with Gasteiger partial charge >= 0.3 is 0 Å². The van der Waals surface area contributed by atoms with E-state index in [1.165, 1.54) is 0 Å². The van der Waals surface area contributed by atoms with Crippen molar-refractivity contribution in [1.82, 2.24) is 0 Å². The molecule has 1 amide bonds. The molecule has 0 aromatic heterocycles. The van der Waals surface area contributed by atoms with E-state index in [1.54, 1.807) is 12.1 Å². The number of amides is 1. The van der Waals surface area contributed by atoms with E-state index in [2.05, 4.69) is 37.2 Å². The number of carbonyl (C=O) groups is 1. The van der Waals surface area contributed by atoms with E-state index in [1.807, 2.05) is 43.3 Å². The van der Waals surface area contributed by atoms with Crippen LogP contribution in [0.5, 0.6) is 0 Å². The van der Waals surface area contributed by atoms with Gasteiger partial charge in [-0.25, -0.2) is 0 Å². The molecule has 0 bridgehead atoms. The van der Waals surface area contributed by atoms with Crippen molar-refractivity contribution in [3.05, 3.63) is 64.7 Å². The molecule has 0 aliphatic heterocycles. The van der Waals surface area contributed by atoms with Crippen LogP contribution >= 0.6 is 43.5 Å². The first-order chi connectivity index (χ1) is 9.99. The number of alkyl halides is 2. The molecule has 1 N–H and O–H groups in total. The fourth-order valence-corrected chi connectivity index (χ4v) is 3.01. The van der Waals surface area contributed by atoms with Crippen molar-refractivity contribution in [1.29, 1.82) is 0 Å². The topological polar surface area (TPSA) is 29.1 Å². The summed E-state index contributed by atoms with van der Waals surface area (Å²) in [4.78, 5) is 11.9. The Morgan fingerprint density at radius 3 is 2.48 bits per heavy atom. The zero-order valence-corrected chi connectivity index (χ0v) is 15.2. The van der Waals surface area contributed by atoms with Crippen LogP contribution in [0.25, 0.3) is 0 Å². The average molecular weight is 432 g/mol. The van der Waals surface area contributed by atoms with E-state index in [0.29, 0.717) is 5.02 Å². The molecule has 2 nitrogen and oxygen atoms in total. The van der Waals surface area contributed by atoms with Gasteiger partial charge in [-0.2, -0.15) is 0 Å². The summed E-state index contributed by atoms with van der Waals surface area (Å²) in [5, 5.41) is 3.50. The van der Waals surface area contributed by atoms with Crippen LogP contribution in [0.2, 0.25) is 5.02 Å². The average Bonchev–Trinajstić information content (AvgIpc) is 2.50. The van der Waals surface area contributed by atoms with Crippen molar-refractivity contribution >= 4 is 55.1 Å². The third kappa shape index (κ3) is 4.31. The molecule has 2 atom stereocenters. The second kappa shape index (κ2) is 7.43. The first-order valence-electron chi connectivity index (χ1n) is 6.39. The van der Waals surface area contributed by atoms with Crippen LogP contribution in [0.15, 0.2) is 48.5 Å². The Labute approximate surface area is 146 Å². The maximum absolute atomic E-state index is 12.4. The molecule has 0 aliphatic carbocycles. The van der Waals surface area contributed by atoms with Crippen LogP contribution in [0.3, 0.4) is 0 Å². The quantitative estimate of drug-likeness (QED) is 0.638. The molecular weight excluding hydrogens is 417 g/mol. The lowest BCUT2D eigenvalue weighted by atomic mass is 10.1. The molecule has 5 heteroatoms. The lowest BCUT2D eigenvalue weighted by Crippen LogP contribution is -2.26. The molecule has 0 saturated heterocycles. The Morgan fingerprint density at radius 2 is 1.81 bits per heavy atom. The molecule has 0 heterocycles. The van der Waals surface area contributed by atoms with Gasteiger partial charge in [0.15, 0.2) is 0 Å². The first kappa shape index (κ1) is 16.5. The van der Waals surface area contributed by atoms with Gasteiger partial charge in [0.05, 0.1) is 4.83 Å². The molecule has 0 saturated carbocycles. The minimum absolute atomic E-state index is 0.113. The standard InChI is InChI=1S/C16H14Br2ClNO/c1-10-7-8-12(19)9-13(10)20-16(21)15(18)14(17)11-5-3-2-4-6-11/h2-9,14-15H,1H3,(H,20,21)/t14-,15-/m1/s1. The number of nitrogens with one attached hydrogen (secondary N) is 1. The highest BCUT2D eigenvalue weighted by Crippen LogP contribution is 2.32. The Morgan fingerprint density at radius 1 is 1.14 bits per heavy atom. The molecule has 2 aromatic rings. The maximum Gasteiger partial charge on any atom is 0.239 e. The van der Waals surface area contributed by atoms with E-state index in [4.69, 9.17) is 11.6 Å². The van der Waals surface area contributed by atoms with Crippen molar-refractivity contribution in [2.24, 2.45) is 0 Å². The van der Waals surface area contributed by atoms with Crippen molar-refractivity contribution < 1.29 is 4.79 Å². The highest BCUT2D eigenvalue weighted by atomic mass is 79.9. The lowest BCUT2D eigenvalue weighted by molar-refractivity contribution is -0.115. The normalized spacial score (nSPS) is 13.5. The predicted octanol–water partition coefficient (Wildman–Crippen LogP) is 5.49. The fourth-order valence-electron chi connectivity index (χ4n) is 1.87. The Balaban J connectivity index is 2.11. The smallest absolute Gasteiger partial charge is 0.239 e. The molecule has 21 heavy (non-hydrogen) atoms. The number of hydrogen-bond donors (Lipinski definition) is 1. The minimum atomic E-state index is -0.390. The summed E-state index contributed by atoms with van der Waals surface area (Å²) in [6.07, 6.45) is 0. The van der Waals surface area contributed by atoms with Gasteiger partial charge in [-0.05, 0) is 30.2 Å². The summed E-state index contributed by atoms with van der Waals surface area (Å²) in [7, 11) is 0. The van der Waals surface area contributed by atoms with Crippen molar-refractivity contribution in [3.63, 3.8) is 0 Å². The van der Waals surface area contributed by atoms with Gasteiger partial charge in [0.25, 0.3) is 0 Å². The van der Waals surface area contributed by atoms with Crippen LogP contribution in [-0.2, 0) is 4.79 Å². The second-order valence-electron chi connectivity index (χ2n) is 4.66. The van der Waals surface area contributed by atoms with E-state index in [-0.39, 0.29) is 10.7 Å². The number of carbonyl (C=O) groups excluding carboxylic acids is 1. The summed E-state index contributed by atoms with van der Waals surface area (Å²) in [5.41, 5.74) is 2.74. The first-order valence-corrected chi connectivity index (χ1v) is 8.60. The SMILES string of the molecule is Cc1ccc(Cl)cc1NC(=O)[C@H](Br)[C@H](Br)c1ccccc1. The van der Waals surface area contributed by atoms with Gasteiger partial charge in [0.1, 0.15) is 4.83 Å². The molecule has 0 fully saturated rings. The summed E-state index contributed by atoms with van der Waals surface area (Å²) in [6, 6.07) is 15.2. The monoisotopic (exact) mass is 429 g/mol. The van der Waals surface area contributed by atoms with Crippen LogP contribution in [0.4, 0.5) is 5.69 Å². The Bertz CT molecular complexity index is 633. The van der Waals surface area contributed by atoms with Gasteiger partial charge in [-0.15, -0.1) is 0 Å². The Kier molecular flexibility index (Phi) is 5.85. The number of aryl methyl sites for hydroxylation is 1. The number of benzene rings is 2. The minimum Gasteiger partial charge on any atom is -0.325 e. The number of anilines is 1. The molecular formula is C16H14Br2ClNO. The van der Waals surface area contributed by atoms with Crippen molar-refractivity contribution in [2.75, 3.05) is 5.32 Å². The molecule has 0 unspecified atom stereocenters. The van der Waals surface area contributed by atoms with E-state index in [0.717, 1.165) is 16.8 Å². The maximum atomic E-state index is 12.4. The Hall–Kier alpha value is -0.840. The number of hydrogen-bond acceptors (Lipinski definition) is 1. The van der Waals surface area contributed by atoms with Crippen molar-refractivity contribution in [2.45, 2.75) is 16.6 Å². The molecule has 2 rings (SSSR count). The van der Waals surface area contributed by atoms with Gasteiger partial charge in [0.2, 0.25) is 5.91 Å². The molecule has 0 spiro atoms. The van der Waals surface area contributed by atoms with Gasteiger partial charge in [0, 0.05) is 10.7 Å². The third-order valence-electron chi connectivity index (χ3n) is 3.08. The van der Waals surface area contributed by atoms with Crippen LogP contribution in [0.1, 0.15) is 16.0 Å². The van der Waals surface area contributed by atoms with Crippen LogP contribution < -0.4 is 5.32 Å². The van der Waals surface area contributed by atoms with Crippen LogP contribution in [-0.4, -0.2) is 10.7 Å². The van der Waals surface area contributed by atoms with E-state index in [9.17, 15) is 4.79 Å². The largest absolute Gasteiger partial charge is 0.325 e. The van der Waals surface area contributed by atoms with Crippen LogP contribution in [0, 0.1) is 6.92 Å². The summed E-state index contributed by atoms with van der Waals surface area (Å²) < 4.78 is 0. The summed E-state index contributed by atoms with van der Waals surface area (Å²) >= 11 is 13.0. The lowest BCUT2D eigenvalue weighted by Gasteiger charge is -2.18. The fraction of sp³-hybridized carbons (Fsp3) is 0.188. The predicted molar refractivity (Wildman–Crippen MR) is 95.6 cm³/mol. The molecule has 0 aliphatic rings. The second-order valence-corrected chi connectivity index (χ2v) is 7.07. The van der Waals surface area contributed by atoms with E-state index < -0.39 is 4.83 Å².